The van der Waals surface area contributed by atoms with E-state index in [1.807, 2.05) is 49.4 Å². The second-order valence-electron chi connectivity index (χ2n) is 6.95. The molecule has 0 fully saturated rings. The lowest BCUT2D eigenvalue weighted by atomic mass is 10.1. The SMILES string of the molecule is CCOc1cc(/C=C(/C#N)c2nc3ccc(F)cc3[nH]2)cc(Br)c1OCc1ccccc1. The maximum atomic E-state index is 13.5. The second kappa shape index (κ2) is 9.67. The van der Waals surface area contributed by atoms with Gasteiger partial charge in [0.15, 0.2) is 11.5 Å². The Morgan fingerprint density at radius 1 is 1.16 bits per heavy atom. The minimum absolute atomic E-state index is 0.314. The van der Waals surface area contributed by atoms with E-state index in [9.17, 15) is 9.65 Å². The number of nitriles is 1. The number of rotatable bonds is 7. The first kappa shape index (κ1) is 21.6. The van der Waals surface area contributed by atoms with Crippen LogP contribution in [0.25, 0.3) is 22.7 Å². The van der Waals surface area contributed by atoms with E-state index in [1.54, 1.807) is 12.1 Å². The molecule has 0 spiro atoms. The number of H-pyrrole nitrogens is 1. The fraction of sp³-hybridized carbons (Fsp3) is 0.120. The Balaban J connectivity index is 1.67. The third-order valence-electron chi connectivity index (χ3n) is 4.69. The number of nitrogens with zero attached hydrogens (tertiary/aromatic N) is 2. The van der Waals surface area contributed by atoms with Crippen molar-refractivity contribution in [2.45, 2.75) is 13.5 Å². The Morgan fingerprint density at radius 2 is 1.97 bits per heavy atom. The van der Waals surface area contributed by atoms with Gasteiger partial charge in [-0.3, -0.25) is 0 Å². The van der Waals surface area contributed by atoms with Crippen LogP contribution in [0.2, 0.25) is 0 Å². The lowest BCUT2D eigenvalue weighted by molar-refractivity contribution is 0.267. The summed E-state index contributed by atoms with van der Waals surface area (Å²) in [5, 5.41) is 9.71. The van der Waals surface area contributed by atoms with Crippen molar-refractivity contribution in [3.8, 4) is 17.6 Å². The van der Waals surface area contributed by atoms with Crippen molar-refractivity contribution < 1.29 is 13.9 Å². The van der Waals surface area contributed by atoms with Crippen molar-refractivity contribution in [1.82, 2.24) is 9.97 Å². The van der Waals surface area contributed by atoms with Crippen LogP contribution in [0.5, 0.6) is 11.5 Å². The quantitative estimate of drug-likeness (QED) is 0.299. The molecule has 0 saturated heterocycles. The lowest BCUT2D eigenvalue weighted by Crippen LogP contribution is -2.01. The Bertz CT molecular complexity index is 1330. The first-order valence-electron chi connectivity index (χ1n) is 9.98. The molecule has 32 heavy (non-hydrogen) atoms. The highest BCUT2D eigenvalue weighted by molar-refractivity contribution is 9.10. The predicted molar refractivity (Wildman–Crippen MR) is 126 cm³/mol. The molecule has 1 heterocycles. The number of halogens is 2. The van der Waals surface area contributed by atoms with Crippen molar-refractivity contribution in [1.29, 1.82) is 5.26 Å². The van der Waals surface area contributed by atoms with Gasteiger partial charge in [0.25, 0.3) is 0 Å². The maximum absolute atomic E-state index is 13.5. The molecule has 7 heteroatoms. The molecular formula is C25H19BrFN3O2. The minimum Gasteiger partial charge on any atom is -0.490 e. The summed E-state index contributed by atoms with van der Waals surface area (Å²) < 4.78 is 26.0. The largest absolute Gasteiger partial charge is 0.490 e. The van der Waals surface area contributed by atoms with Crippen LogP contribution in [0, 0.1) is 17.1 Å². The first-order chi connectivity index (χ1) is 15.6. The minimum atomic E-state index is -0.369. The molecule has 1 N–H and O–H groups in total. The van der Waals surface area contributed by atoms with Gasteiger partial charge in [-0.15, -0.1) is 0 Å². The number of allylic oxidation sites excluding steroid dienone is 1. The first-order valence-corrected chi connectivity index (χ1v) is 10.8. The van der Waals surface area contributed by atoms with Gasteiger partial charge in [-0.05, 0) is 70.4 Å². The molecule has 5 nitrogen and oxygen atoms in total. The van der Waals surface area contributed by atoms with Gasteiger partial charge in [0, 0.05) is 0 Å². The number of aromatic nitrogens is 2. The summed E-state index contributed by atoms with van der Waals surface area (Å²) in [5.41, 5.74) is 3.20. The van der Waals surface area contributed by atoms with Gasteiger partial charge in [-0.25, -0.2) is 9.37 Å². The molecule has 0 atom stereocenters. The number of hydrogen-bond acceptors (Lipinski definition) is 4. The Kier molecular flexibility index (Phi) is 6.52. The smallest absolute Gasteiger partial charge is 0.175 e. The van der Waals surface area contributed by atoms with Crippen molar-refractivity contribution >= 4 is 38.6 Å². The van der Waals surface area contributed by atoms with Gasteiger partial charge >= 0.3 is 0 Å². The molecule has 0 saturated carbocycles. The number of aromatic amines is 1. The molecule has 1 aromatic heterocycles. The summed E-state index contributed by atoms with van der Waals surface area (Å²) in [6, 6.07) is 19.9. The van der Waals surface area contributed by atoms with Crippen LogP contribution in [0.1, 0.15) is 23.9 Å². The average molecular weight is 492 g/mol. The monoisotopic (exact) mass is 491 g/mol. The molecule has 0 radical (unpaired) electrons. The van der Waals surface area contributed by atoms with Crippen molar-refractivity contribution in [3.05, 3.63) is 87.9 Å². The normalized spacial score (nSPS) is 11.4. The number of nitrogens with one attached hydrogen (secondary N) is 1. The predicted octanol–water partition coefficient (Wildman–Crippen LogP) is 6.51. The van der Waals surface area contributed by atoms with Gasteiger partial charge in [-0.2, -0.15) is 5.26 Å². The molecule has 4 aromatic rings. The van der Waals surface area contributed by atoms with E-state index >= 15 is 0 Å². The highest BCUT2D eigenvalue weighted by Gasteiger charge is 2.14. The summed E-state index contributed by atoms with van der Waals surface area (Å²) >= 11 is 3.56. The van der Waals surface area contributed by atoms with Crippen molar-refractivity contribution in [3.63, 3.8) is 0 Å². The standard InChI is InChI=1S/C25H19BrFN3O2/c1-2-31-23-12-17(11-20(26)24(23)32-15-16-6-4-3-5-7-16)10-18(14-28)25-29-21-9-8-19(27)13-22(21)30-25/h3-13H,2,15H2,1H3,(H,29,30)/b18-10-. The van der Waals surface area contributed by atoms with Crippen LogP contribution < -0.4 is 9.47 Å². The van der Waals surface area contributed by atoms with Gasteiger partial charge in [0.1, 0.15) is 24.3 Å². The number of ether oxygens (including phenoxy) is 2. The number of hydrogen-bond donors (Lipinski definition) is 1. The molecule has 160 valence electrons. The molecule has 0 unspecified atom stereocenters. The molecule has 0 amide bonds. The molecular weight excluding hydrogens is 473 g/mol. The van der Waals surface area contributed by atoms with E-state index < -0.39 is 0 Å². The van der Waals surface area contributed by atoms with Crippen LogP contribution in [-0.2, 0) is 6.61 Å². The summed E-state index contributed by atoms with van der Waals surface area (Å²) in [4.78, 5) is 7.40. The molecule has 0 aliphatic carbocycles. The molecule has 0 bridgehead atoms. The van der Waals surface area contributed by atoms with E-state index in [2.05, 4.69) is 32.0 Å². The molecule has 0 aliphatic heterocycles. The van der Waals surface area contributed by atoms with Crippen LogP contribution >= 0.6 is 15.9 Å². The highest BCUT2D eigenvalue weighted by atomic mass is 79.9. The van der Waals surface area contributed by atoms with E-state index in [4.69, 9.17) is 9.47 Å². The van der Waals surface area contributed by atoms with Crippen LogP contribution in [0.4, 0.5) is 4.39 Å². The van der Waals surface area contributed by atoms with Crippen molar-refractivity contribution in [2.24, 2.45) is 0 Å². The third kappa shape index (κ3) is 4.82. The third-order valence-corrected chi connectivity index (χ3v) is 5.28. The van der Waals surface area contributed by atoms with Crippen LogP contribution in [0.3, 0.4) is 0 Å². The van der Waals surface area contributed by atoms with Crippen LogP contribution in [0.15, 0.2) is 65.1 Å². The topological polar surface area (TPSA) is 70.9 Å². The summed E-state index contributed by atoms with van der Waals surface area (Å²) in [7, 11) is 0. The van der Waals surface area contributed by atoms with E-state index in [-0.39, 0.29) is 5.82 Å². The fourth-order valence-corrected chi connectivity index (χ4v) is 3.81. The summed E-state index contributed by atoms with van der Waals surface area (Å²) in [5.74, 6) is 1.15. The van der Waals surface area contributed by atoms with E-state index in [0.717, 1.165) is 11.1 Å². The fourth-order valence-electron chi connectivity index (χ4n) is 3.23. The van der Waals surface area contributed by atoms with Crippen LogP contribution in [-0.4, -0.2) is 16.6 Å². The number of fused-ring (bicyclic) bond motifs is 1. The Labute approximate surface area is 193 Å². The zero-order valence-electron chi connectivity index (χ0n) is 17.2. The maximum Gasteiger partial charge on any atom is 0.175 e. The summed E-state index contributed by atoms with van der Waals surface area (Å²) in [6.07, 6.45) is 1.70. The van der Waals surface area contributed by atoms with Gasteiger partial charge in [0.2, 0.25) is 0 Å². The number of imidazole rings is 1. The molecule has 4 rings (SSSR count). The number of benzene rings is 3. The highest BCUT2D eigenvalue weighted by Crippen LogP contribution is 2.38. The van der Waals surface area contributed by atoms with E-state index in [1.165, 1.54) is 12.1 Å². The second-order valence-corrected chi connectivity index (χ2v) is 7.81. The average Bonchev–Trinajstić information content (AvgIpc) is 3.20. The lowest BCUT2D eigenvalue weighted by Gasteiger charge is -2.15. The van der Waals surface area contributed by atoms with Gasteiger partial charge in [-0.1, -0.05) is 30.3 Å². The van der Waals surface area contributed by atoms with E-state index in [0.29, 0.717) is 51.6 Å². The Morgan fingerprint density at radius 3 is 2.72 bits per heavy atom. The summed E-state index contributed by atoms with van der Waals surface area (Å²) in [6.45, 7) is 2.75. The zero-order valence-corrected chi connectivity index (χ0v) is 18.8. The molecule has 0 aliphatic rings. The van der Waals surface area contributed by atoms with Gasteiger partial charge in [0.05, 0.1) is 27.7 Å². The van der Waals surface area contributed by atoms with Gasteiger partial charge < -0.3 is 14.5 Å². The van der Waals surface area contributed by atoms with Crippen molar-refractivity contribution in [2.75, 3.05) is 6.61 Å². The molecule has 3 aromatic carbocycles. The zero-order chi connectivity index (χ0) is 22.5. The Hall–Kier alpha value is -3.63.